The second-order valence-electron chi connectivity index (χ2n) is 6.10. The maximum Gasteiger partial charge on any atom is 0.408 e. The average Bonchev–Trinajstić information content (AvgIpc) is 2.98. The van der Waals surface area contributed by atoms with E-state index in [1.54, 1.807) is 0 Å². The van der Waals surface area contributed by atoms with E-state index in [-0.39, 0.29) is 5.97 Å². The number of hydrogen-bond acceptors (Lipinski definition) is 4. The summed E-state index contributed by atoms with van der Waals surface area (Å²) in [5.41, 5.74) is -0.867. The van der Waals surface area contributed by atoms with Gasteiger partial charge < -0.3 is 14.8 Å². The Balaban J connectivity index is 2.37. The van der Waals surface area contributed by atoms with Gasteiger partial charge in [0, 0.05) is 0 Å². The van der Waals surface area contributed by atoms with Crippen molar-refractivity contribution < 1.29 is 19.1 Å². The van der Waals surface area contributed by atoms with E-state index in [1.165, 1.54) is 19.3 Å². The van der Waals surface area contributed by atoms with Crippen molar-refractivity contribution in [1.29, 1.82) is 0 Å². The summed E-state index contributed by atoms with van der Waals surface area (Å²) in [6.07, 6.45) is 8.98. The molecule has 0 heterocycles. The van der Waals surface area contributed by atoms with E-state index >= 15 is 0 Å². The molecule has 1 aliphatic rings. The van der Waals surface area contributed by atoms with Crippen LogP contribution >= 0.6 is 0 Å². The summed E-state index contributed by atoms with van der Waals surface area (Å²) in [6.45, 7) is 4.92. The van der Waals surface area contributed by atoms with Crippen molar-refractivity contribution in [3.63, 3.8) is 0 Å². The largest absolute Gasteiger partial charge is 0.464 e. The molecule has 0 aromatic carbocycles. The standard InChI is InChI=1S/C17H31NO4/c1-3-5-6-7-10-14-21-15(19)17(11-8-9-12-17)18-16(20)22-13-4-2/h3-14H2,1-2H3,(H,18,20). The predicted octanol–water partition coefficient (Wildman–Crippen LogP) is 3.95. The van der Waals surface area contributed by atoms with Gasteiger partial charge in [-0.25, -0.2) is 9.59 Å². The molecule has 0 atom stereocenters. The highest BCUT2D eigenvalue weighted by atomic mass is 16.6. The minimum Gasteiger partial charge on any atom is -0.464 e. The number of esters is 1. The fraction of sp³-hybridized carbons (Fsp3) is 0.882. The molecule has 1 fully saturated rings. The number of nitrogens with one attached hydrogen (secondary N) is 1. The minimum absolute atomic E-state index is 0.297. The molecule has 1 saturated carbocycles. The molecule has 1 amide bonds. The van der Waals surface area contributed by atoms with Crippen molar-refractivity contribution in [2.45, 2.75) is 83.6 Å². The van der Waals surface area contributed by atoms with E-state index in [0.29, 0.717) is 26.1 Å². The number of ether oxygens (including phenoxy) is 2. The van der Waals surface area contributed by atoms with Crippen molar-refractivity contribution in [1.82, 2.24) is 5.32 Å². The Bertz CT molecular complexity index is 338. The molecule has 0 bridgehead atoms. The Labute approximate surface area is 134 Å². The molecular weight excluding hydrogens is 282 g/mol. The second kappa shape index (κ2) is 10.5. The lowest BCUT2D eigenvalue weighted by atomic mass is 9.98. The van der Waals surface area contributed by atoms with E-state index in [2.05, 4.69) is 12.2 Å². The van der Waals surface area contributed by atoms with Crippen LogP contribution in [0.15, 0.2) is 0 Å². The molecular formula is C17H31NO4. The normalized spacial score (nSPS) is 16.3. The van der Waals surface area contributed by atoms with Crippen LogP contribution in [0.5, 0.6) is 0 Å². The highest BCUT2D eigenvalue weighted by Crippen LogP contribution is 2.31. The lowest BCUT2D eigenvalue weighted by Gasteiger charge is -2.27. The number of hydrogen-bond donors (Lipinski definition) is 1. The maximum absolute atomic E-state index is 12.4. The number of rotatable bonds is 10. The molecule has 5 nitrogen and oxygen atoms in total. The average molecular weight is 313 g/mol. The SMILES string of the molecule is CCCCCCCOC(=O)C1(NC(=O)OCCC)CCCC1. The monoisotopic (exact) mass is 313 g/mol. The summed E-state index contributed by atoms with van der Waals surface area (Å²) >= 11 is 0. The molecule has 5 heteroatoms. The first-order valence-corrected chi connectivity index (χ1v) is 8.77. The van der Waals surface area contributed by atoms with E-state index in [1.807, 2.05) is 6.92 Å². The number of carbonyl (C=O) groups excluding carboxylic acids is 2. The lowest BCUT2D eigenvalue weighted by molar-refractivity contribution is -0.151. The van der Waals surface area contributed by atoms with Gasteiger partial charge in [0.1, 0.15) is 5.54 Å². The van der Waals surface area contributed by atoms with Crippen LogP contribution in [0.3, 0.4) is 0 Å². The zero-order valence-electron chi connectivity index (χ0n) is 14.1. The van der Waals surface area contributed by atoms with Crippen LogP contribution in [-0.4, -0.2) is 30.8 Å². The Morgan fingerprint density at radius 3 is 2.23 bits per heavy atom. The molecule has 0 saturated heterocycles. The third-order valence-electron chi connectivity index (χ3n) is 4.11. The summed E-state index contributed by atoms with van der Waals surface area (Å²) in [4.78, 5) is 24.1. The van der Waals surface area contributed by atoms with Gasteiger partial charge in [-0.05, 0) is 25.7 Å². The summed E-state index contributed by atoms with van der Waals surface area (Å²) < 4.78 is 10.4. The highest BCUT2D eigenvalue weighted by molar-refractivity contribution is 5.86. The summed E-state index contributed by atoms with van der Waals surface area (Å²) in [7, 11) is 0. The Kier molecular flexibility index (Phi) is 8.94. The fourth-order valence-electron chi connectivity index (χ4n) is 2.79. The molecule has 0 aromatic heterocycles. The third kappa shape index (κ3) is 6.24. The smallest absolute Gasteiger partial charge is 0.408 e. The molecule has 0 aliphatic heterocycles. The predicted molar refractivity (Wildman–Crippen MR) is 85.7 cm³/mol. The summed E-state index contributed by atoms with van der Waals surface area (Å²) in [6, 6.07) is 0. The van der Waals surface area contributed by atoms with Gasteiger partial charge in [-0.3, -0.25) is 0 Å². The van der Waals surface area contributed by atoms with Crippen LogP contribution in [0.1, 0.15) is 78.1 Å². The van der Waals surface area contributed by atoms with Crippen molar-refractivity contribution in [2.75, 3.05) is 13.2 Å². The molecule has 22 heavy (non-hydrogen) atoms. The van der Waals surface area contributed by atoms with Gasteiger partial charge in [-0.2, -0.15) is 0 Å². The van der Waals surface area contributed by atoms with Crippen molar-refractivity contribution in [3.05, 3.63) is 0 Å². The minimum atomic E-state index is -0.867. The number of amides is 1. The van der Waals surface area contributed by atoms with Crippen LogP contribution in [0, 0.1) is 0 Å². The fourth-order valence-corrected chi connectivity index (χ4v) is 2.79. The van der Waals surface area contributed by atoms with Crippen LogP contribution in [0.4, 0.5) is 4.79 Å². The molecule has 1 aliphatic carbocycles. The molecule has 0 spiro atoms. The van der Waals surface area contributed by atoms with Crippen molar-refractivity contribution >= 4 is 12.1 Å². The van der Waals surface area contributed by atoms with Crippen LogP contribution < -0.4 is 5.32 Å². The van der Waals surface area contributed by atoms with E-state index < -0.39 is 11.6 Å². The van der Waals surface area contributed by atoms with Gasteiger partial charge in [-0.1, -0.05) is 52.4 Å². The van der Waals surface area contributed by atoms with E-state index in [4.69, 9.17) is 9.47 Å². The Morgan fingerprint density at radius 1 is 0.909 bits per heavy atom. The molecule has 0 radical (unpaired) electrons. The number of carbonyl (C=O) groups is 2. The van der Waals surface area contributed by atoms with Gasteiger partial charge >= 0.3 is 12.1 Å². The molecule has 0 unspecified atom stereocenters. The van der Waals surface area contributed by atoms with Gasteiger partial charge in [-0.15, -0.1) is 0 Å². The van der Waals surface area contributed by atoms with E-state index in [9.17, 15) is 9.59 Å². The summed E-state index contributed by atoms with van der Waals surface area (Å²) in [5.74, 6) is -0.297. The maximum atomic E-state index is 12.4. The van der Waals surface area contributed by atoms with Crippen LogP contribution in [-0.2, 0) is 14.3 Å². The van der Waals surface area contributed by atoms with Crippen molar-refractivity contribution in [2.24, 2.45) is 0 Å². The topological polar surface area (TPSA) is 64.6 Å². The molecule has 128 valence electrons. The van der Waals surface area contributed by atoms with Gasteiger partial charge in [0.25, 0.3) is 0 Å². The Morgan fingerprint density at radius 2 is 1.59 bits per heavy atom. The first kappa shape index (κ1) is 18.8. The number of alkyl carbamates (subject to hydrolysis) is 1. The van der Waals surface area contributed by atoms with Gasteiger partial charge in [0.2, 0.25) is 0 Å². The first-order chi connectivity index (χ1) is 10.6. The molecule has 1 rings (SSSR count). The van der Waals surface area contributed by atoms with Crippen LogP contribution in [0.2, 0.25) is 0 Å². The van der Waals surface area contributed by atoms with Crippen LogP contribution in [0.25, 0.3) is 0 Å². The highest BCUT2D eigenvalue weighted by Gasteiger charge is 2.44. The Hall–Kier alpha value is -1.26. The second-order valence-corrected chi connectivity index (χ2v) is 6.10. The number of unbranched alkanes of at least 4 members (excludes halogenated alkanes) is 4. The molecule has 0 aromatic rings. The zero-order chi connectivity index (χ0) is 16.3. The quantitative estimate of drug-likeness (QED) is 0.490. The lowest BCUT2D eigenvalue weighted by Crippen LogP contribution is -2.53. The first-order valence-electron chi connectivity index (χ1n) is 8.77. The van der Waals surface area contributed by atoms with Gasteiger partial charge in [0.15, 0.2) is 0 Å². The van der Waals surface area contributed by atoms with E-state index in [0.717, 1.165) is 32.1 Å². The summed E-state index contributed by atoms with van der Waals surface area (Å²) in [5, 5.41) is 2.75. The third-order valence-corrected chi connectivity index (χ3v) is 4.11. The van der Waals surface area contributed by atoms with Crippen molar-refractivity contribution in [3.8, 4) is 0 Å². The molecule has 1 N–H and O–H groups in total. The van der Waals surface area contributed by atoms with Gasteiger partial charge in [0.05, 0.1) is 13.2 Å². The zero-order valence-corrected chi connectivity index (χ0v) is 14.1.